The topological polar surface area (TPSA) is 35.0 Å². The molecule has 3 heteroatoms. The van der Waals surface area contributed by atoms with Crippen LogP contribution < -0.4 is 4.74 Å². The van der Waals surface area contributed by atoms with Crippen LogP contribution in [0.25, 0.3) is 10.9 Å². The predicted octanol–water partition coefficient (Wildman–Crippen LogP) is 2.42. The monoisotopic (exact) mass is 188 g/mol. The van der Waals surface area contributed by atoms with E-state index in [1.165, 1.54) is 0 Å². The molecule has 0 atom stereocenters. The summed E-state index contributed by atoms with van der Waals surface area (Å²) in [7, 11) is 0. The van der Waals surface area contributed by atoms with Gasteiger partial charge in [0.1, 0.15) is 0 Å². The quantitative estimate of drug-likeness (QED) is 0.742. The molecule has 1 aromatic heterocycles. The van der Waals surface area contributed by atoms with Gasteiger partial charge in [-0.25, -0.2) is 4.98 Å². The van der Waals surface area contributed by atoms with Crippen LogP contribution in [-0.4, -0.2) is 16.6 Å². The normalized spacial score (nSPS) is 10.4. The first kappa shape index (κ1) is 8.94. The first-order valence-electron chi connectivity index (χ1n) is 4.74. The first-order valence-corrected chi connectivity index (χ1v) is 4.74. The Hall–Kier alpha value is -1.64. The van der Waals surface area contributed by atoms with E-state index in [0.717, 1.165) is 17.3 Å². The molecule has 0 saturated carbocycles. The number of nitrogens with zero attached hydrogens (tertiary/aromatic N) is 2. The van der Waals surface area contributed by atoms with Gasteiger partial charge < -0.3 is 4.74 Å². The fourth-order valence-electron chi connectivity index (χ4n) is 1.22. The van der Waals surface area contributed by atoms with Crippen molar-refractivity contribution in [2.75, 3.05) is 6.61 Å². The maximum absolute atomic E-state index is 5.34. The van der Waals surface area contributed by atoms with Crippen molar-refractivity contribution >= 4 is 10.9 Å². The van der Waals surface area contributed by atoms with Gasteiger partial charge in [-0.3, -0.25) is 0 Å². The fourth-order valence-corrected chi connectivity index (χ4v) is 1.22. The van der Waals surface area contributed by atoms with Crippen molar-refractivity contribution < 1.29 is 4.74 Å². The van der Waals surface area contributed by atoms with E-state index in [0.29, 0.717) is 12.6 Å². The van der Waals surface area contributed by atoms with Crippen molar-refractivity contribution in [2.24, 2.45) is 0 Å². The molecular weight excluding hydrogens is 176 g/mol. The van der Waals surface area contributed by atoms with Crippen LogP contribution in [0.2, 0.25) is 0 Å². The first-order chi connectivity index (χ1) is 6.90. The standard InChI is InChI=1S/C11H12N2O/c1-2-7-14-11-12-8-9-5-3-4-6-10(9)13-11/h3-6,8H,2,7H2,1H3. The molecule has 0 aliphatic carbocycles. The van der Waals surface area contributed by atoms with E-state index in [1.54, 1.807) is 6.20 Å². The lowest BCUT2D eigenvalue weighted by molar-refractivity contribution is 0.293. The number of fused-ring (bicyclic) bond motifs is 1. The molecule has 0 amide bonds. The lowest BCUT2D eigenvalue weighted by atomic mass is 10.2. The zero-order valence-corrected chi connectivity index (χ0v) is 8.10. The van der Waals surface area contributed by atoms with Gasteiger partial charge >= 0.3 is 6.01 Å². The Kier molecular flexibility index (Phi) is 2.58. The molecular formula is C11H12N2O. The van der Waals surface area contributed by atoms with Gasteiger partial charge in [0, 0.05) is 11.6 Å². The molecule has 0 unspecified atom stereocenters. The lowest BCUT2D eigenvalue weighted by Gasteiger charge is -2.02. The van der Waals surface area contributed by atoms with Gasteiger partial charge in [-0.1, -0.05) is 25.1 Å². The van der Waals surface area contributed by atoms with Crippen LogP contribution in [0.15, 0.2) is 30.5 Å². The van der Waals surface area contributed by atoms with Crippen molar-refractivity contribution in [1.82, 2.24) is 9.97 Å². The summed E-state index contributed by atoms with van der Waals surface area (Å²) in [6.45, 7) is 2.72. The Balaban J connectivity index is 2.32. The number of para-hydroxylation sites is 1. The van der Waals surface area contributed by atoms with Crippen LogP contribution in [0.4, 0.5) is 0 Å². The third kappa shape index (κ3) is 1.82. The molecule has 1 aromatic carbocycles. The van der Waals surface area contributed by atoms with Crippen LogP contribution >= 0.6 is 0 Å². The van der Waals surface area contributed by atoms with Gasteiger partial charge in [0.25, 0.3) is 0 Å². The average molecular weight is 188 g/mol. The minimum absolute atomic E-state index is 0.463. The van der Waals surface area contributed by atoms with Gasteiger partial charge in [-0.05, 0) is 12.5 Å². The second-order valence-corrected chi connectivity index (χ2v) is 3.06. The molecule has 0 spiro atoms. The molecule has 72 valence electrons. The fraction of sp³-hybridized carbons (Fsp3) is 0.273. The zero-order valence-electron chi connectivity index (χ0n) is 8.10. The van der Waals surface area contributed by atoms with E-state index in [4.69, 9.17) is 4.74 Å². The Morgan fingerprint density at radius 1 is 1.29 bits per heavy atom. The maximum Gasteiger partial charge on any atom is 0.316 e. The van der Waals surface area contributed by atoms with Crippen molar-refractivity contribution in [3.05, 3.63) is 30.5 Å². The highest BCUT2D eigenvalue weighted by Crippen LogP contribution is 2.12. The summed E-state index contributed by atoms with van der Waals surface area (Å²) in [5, 5.41) is 1.04. The van der Waals surface area contributed by atoms with Crippen LogP contribution in [-0.2, 0) is 0 Å². The highest BCUT2D eigenvalue weighted by atomic mass is 16.5. The Labute approximate surface area is 82.8 Å². The summed E-state index contributed by atoms with van der Waals surface area (Å²) in [5.74, 6) is 0. The Bertz CT molecular complexity index is 428. The minimum Gasteiger partial charge on any atom is -0.463 e. The predicted molar refractivity (Wildman–Crippen MR) is 55.3 cm³/mol. The summed E-state index contributed by atoms with van der Waals surface area (Å²) in [6.07, 6.45) is 2.75. The van der Waals surface area contributed by atoms with E-state index in [-0.39, 0.29) is 0 Å². The smallest absolute Gasteiger partial charge is 0.316 e. The Morgan fingerprint density at radius 3 is 3.00 bits per heavy atom. The molecule has 2 aromatic rings. The van der Waals surface area contributed by atoms with Crippen molar-refractivity contribution in [3.8, 4) is 6.01 Å². The summed E-state index contributed by atoms with van der Waals surface area (Å²) in [6, 6.07) is 8.33. The average Bonchev–Trinajstić information content (AvgIpc) is 2.26. The van der Waals surface area contributed by atoms with E-state index >= 15 is 0 Å². The number of aromatic nitrogens is 2. The number of hydrogen-bond donors (Lipinski definition) is 0. The Morgan fingerprint density at radius 2 is 2.14 bits per heavy atom. The molecule has 0 N–H and O–H groups in total. The highest BCUT2D eigenvalue weighted by Gasteiger charge is 1.98. The molecule has 0 saturated heterocycles. The van der Waals surface area contributed by atoms with Gasteiger partial charge in [0.15, 0.2) is 0 Å². The zero-order chi connectivity index (χ0) is 9.80. The number of hydrogen-bond acceptors (Lipinski definition) is 3. The van der Waals surface area contributed by atoms with Crippen LogP contribution in [0.5, 0.6) is 6.01 Å². The van der Waals surface area contributed by atoms with Gasteiger partial charge in [-0.15, -0.1) is 0 Å². The second-order valence-electron chi connectivity index (χ2n) is 3.06. The van der Waals surface area contributed by atoms with Crippen molar-refractivity contribution in [3.63, 3.8) is 0 Å². The van der Waals surface area contributed by atoms with E-state index in [1.807, 2.05) is 24.3 Å². The summed E-state index contributed by atoms with van der Waals surface area (Å²) >= 11 is 0. The molecule has 0 aliphatic rings. The third-order valence-electron chi connectivity index (χ3n) is 1.90. The number of benzene rings is 1. The van der Waals surface area contributed by atoms with Crippen LogP contribution in [0, 0.1) is 0 Å². The molecule has 0 fully saturated rings. The van der Waals surface area contributed by atoms with E-state index in [9.17, 15) is 0 Å². The highest BCUT2D eigenvalue weighted by molar-refractivity contribution is 5.77. The van der Waals surface area contributed by atoms with Gasteiger partial charge in [0.2, 0.25) is 0 Å². The largest absolute Gasteiger partial charge is 0.463 e. The van der Waals surface area contributed by atoms with E-state index in [2.05, 4.69) is 16.9 Å². The minimum atomic E-state index is 0.463. The molecule has 0 aliphatic heterocycles. The third-order valence-corrected chi connectivity index (χ3v) is 1.90. The molecule has 2 rings (SSSR count). The lowest BCUT2D eigenvalue weighted by Crippen LogP contribution is -1.99. The molecule has 0 bridgehead atoms. The number of rotatable bonds is 3. The van der Waals surface area contributed by atoms with Crippen LogP contribution in [0.1, 0.15) is 13.3 Å². The second kappa shape index (κ2) is 4.05. The molecule has 1 heterocycles. The van der Waals surface area contributed by atoms with Crippen molar-refractivity contribution in [1.29, 1.82) is 0 Å². The maximum atomic E-state index is 5.34. The van der Waals surface area contributed by atoms with Crippen LogP contribution in [0.3, 0.4) is 0 Å². The molecule has 0 radical (unpaired) electrons. The van der Waals surface area contributed by atoms with Crippen molar-refractivity contribution in [2.45, 2.75) is 13.3 Å². The summed E-state index contributed by atoms with van der Waals surface area (Å²) < 4.78 is 5.34. The SMILES string of the molecule is CCCOc1ncc2ccccc2n1. The molecule has 3 nitrogen and oxygen atoms in total. The number of ether oxygens (including phenoxy) is 1. The van der Waals surface area contributed by atoms with Gasteiger partial charge in [0.05, 0.1) is 12.1 Å². The summed E-state index contributed by atoms with van der Waals surface area (Å²) in [4.78, 5) is 8.39. The molecule has 14 heavy (non-hydrogen) atoms. The van der Waals surface area contributed by atoms with E-state index < -0.39 is 0 Å². The van der Waals surface area contributed by atoms with Gasteiger partial charge in [-0.2, -0.15) is 4.98 Å². The summed E-state index contributed by atoms with van der Waals surface area (Å²) in [5.41, 5.74) is 0.925.